The van der Waals surface area contributed by atoms with Crippen molar-refractivity contribution in [3.8, 4) is 6.07 Å². The molecule has 2 aromatic carbocycles. The van der Waals surface area contributed by atoms with Crippen molar-refractivity contribution in [2.45, 2.75) is 13.0 Å². The number of halogens is 2. The Kier molecular flexibility index (Phi) is 6.17. The number of nitriles is 1. The number of ether oxygens (including phenoxy) is 1. The number of anilines is 1. The summed E-state index contributed by atoms with van der Waals surface area (Å²) in [6.45, 7) is 1.31. The molecule has 0 spiro atoms. The average molecular weight is 356 g/mol. The standard InChI is InChI=1S/C19H14F2N2O3/c1-12(19(25)23-17-10-15(20)7-8-16(17)21)26-18(24)9-6-13-2-4-14(11-22)5-3-13/h2-10,12H,1H3,(H,23,25)/b9-6+/t12-/m1/s1. The van der Waals surface area contributed by atoms with E-state index in [1.54, 1.807) is 24.3 Å². The fourth-order valence-corrected chi connectivity index (χ4v) is 1.93. The molecule has 5 nitrogen and oxygen atoms in total. The molecule has 0 fully saturated rings. The van der Waals surface area contributed by atoms with Gasteiger partial charge in [0.25, 0.3) is 5.91 Å². The largest absolute Gasteiger partial charge is 0.449 e. The monoisotopic (exact) mass is 356 g/mol. The van der Waals surface area contributed by atoms with Crippen molar-refractivity contribution in [1.82, 2.24) is 0 Å². The molecule has 0 heterocycles. The highest BCUT2D eigenvalue weighted by Crippen LogP contribution is 2.16. The highest BCUT2D eigenvalue weighted by atomic mass is 19.1. The first kappa shape index (κ1) is 18.8. The van der Waals surface area contributed by atoms with E-state index in [0.717, 1.165) is 24.3 Å². The van der Waals surface area contributed by atoms with Gasteiger partial charge in [-0.2, -0.15) is 5.26 Å². The Balaban J connectivity index is 1.93. The van der Waals surface area contributed by atoms with E-state index < -0.39 is 29.6 Å². The van der Waals surface area contributed by atoms with Crippen LogP contribution in [-0.4, -0.2) is 18.0 Å². The summed E-state index contributed by atoms with van der Waals surface area (Å²) in [7, 11) is 0. The van der Waals surface area contributed by atoms with Gasteiger partial charge in [-0.3, -0.25) is 4.79 Å². The summed E-state index contributed by atoms with van der Waals surface area (Å²) < 4.78 is 31.5. The third-order valence-electron chi connectivity index (χ3n) is 3.30. The number of esters is 1. The Morgan fingerprint density at radius 1 is 1.19 bits per heavy atom. The Hall–Kier alpha value is -3.53. The van der Waals surface area contributed by atoms with E-state index in [0.29, 0.717) is 11.1 Å². The van der Waals surface area contributed by atoms with Gasteiger partial charge in [0.1, 0.15) is 11.6 Å². The van der Waals surface area contributed by atoms with Crippen LogP contribution in [0.1, 0.15) is 18.1 Å². The third kappa shape index (κ3) is 5.24. The smallest absolute Gasteiger partial charge is 0.331 e. The highest BCUT2D eigenvalue weighted by molar-refractivity contribution is 5.96. The predicted octanol–water partition coefficient (Wildman–Crippen LogP) is 3.42. The second-order valence-electron chi connectivity index (χ2n) is 5.26. The molecule has 2 rings (SSSR count). The van der Waals surface area contributed by atoms with E-state index in [2.05, 4.69) is 5.32 Å². The Morgan fingerprint density at radius 2 is 1.88 bits per heavy atom. The zero-order valence-electron chi connectivity index (χ0n) is 13.7. The van der Waals surface area contributed by atoms with Crippen LogP contribution in [0.2, 0.25) is 0 Å². The number of carbonyl (C=O) groups excluding carboxylic acids is 2. The maximum absolute atomic E-state index is 13.5. The predicted molar refractivity (Wildman–Crippen MR) is 90.7 cm³/mol. The zero-order chi connectivity index (χ0) is 19.1. The van der Waals surface area contributed by atoms with Crippen molar-refractivity contribution in [1.29, 1.82) is 5.26 Å². The first-order chi connectivity index (χ1) is 12.4. The first-order valence-corrected chi connectivity index (χ1v) is 7.54. The second-order valence-corrected chi connectivity index (χ2v) is 5.26. The van der Waals surface area contributed by atoms with Crippen LogP contribution in [-0.2, 0) is 14.3 Å². The molecule has 1 amide bonds. The SMILES string of the molecule is C[C@@H](OC(=O)/C=C/c1ccc(C#N)cc1)C(=O)Nc1cc(F)ccc1F. The molecular formula is C19H14F2N2O3. The van der Waals surface area contributed by atoms with Gasteiger partial charge in [0, 0.05) is 12.1 Å². The third-order valence-corrected chi connectivity index (χ3v) is 3.30. The lowest BCUT2D eigenvalue weighted by molar-refractivity contribution is -0.148. The molecule has 0 aliphatic carbocycles. The van der Waals surface area contributed by atoms with Crippen molar-refractivity contribution in [3.63, 3.8) is 0 Å². The number of rotatable bonds is 5. The maximum atomic E-state index is 13.5. The van der Waals surface area contributed by atoms with Gasteiger partial charge in [0.15, 0.2) is 6.10 Å². The molecule has 26 heavy (non-hydrogen) atoms. The number of nitrogens with zero attached hydrogens (tertiary/aromatic N) is 1. The van der Waals surface area contributed by atoms with Crippen molar-refractivity contribution in [3.05, 3.63) is 71.3 Å². The van der Waals surface area contributed by atoms with Crippen LogP contribution < -0.4 is 5.32 Å². The molecule has 0 aromatic heterocycles. The van der Waals surface area contributed by atoms with E-state index in [4.69, 9.17) is 10.00 Å². The molecule has 0 unspecified atom stereocenters. The van der Waals surface area contributed by atoms with E-state index in [1.807, 2.05) is 6.07 Å². The van der Waals surface area contributed by atoms with Crippen molar-refractivity contribution in [2.24, 2.45) is 0 Å². The molecule has 1 atom stereocenters. The highest BCUT2D eigenvalue weighted by Gasteiger charge is 2.18. The van der Waals surface area contributed by atoms with Gasteiger partial charge < -0.3 is 10.1 Å². The normalized spacial score (nSPS) is 11.6. The summed E-state index contributed by atoms with van der Waals surface area (Å²) >= 11 is 0. The van der Waals surface area contributed by atoms with Gasteiger partial charge in [-0.05, 0) is 42.8 Å². The number of nitrogens with one attached hydrogen (secondary N) is 1. The lowest BCUT2D eigenvalue weighted by Gasteiger charge is -2.12. The molecule has 0 bridgehead atoms. The summed E-state index contributed by atoms with van der Waals surface area (Å²) in [5.74, 6) is -3.10. The van der Waals surface area contributed by atoms with E-state index in [-0.39, 0.29) is 5.69 Å². The summed E-state index contributed by atoms with van der Waals surface area (Å²) in [4.78, 5) is 23.7. The van der Waals surface area contributed by atoms with Crippen LogP contribution in [0.25, 0.3) is 6.08 Å². The van der Waals surface area contributed by atoms with E-state index in [9.17, 15) is 18.4 Å². The first-order valence-electron chi connectivity index (χ1n) is 7.54. The lowest BCUT2D eigenvalue weighted by Crippen LogP contribution is -2.29. The maximum Gasteiger partial charge on any atom is 0.331 e. The second kappa shape index (κ2) is 8.53. The minimum Gasteiger partial charge on any atom is -0.449 e. The number of hydrogen-bond donors (Lipinski definition) is 1. The molecule has 1 N–H and O–H groups in total. The van der Waals surface area contributed by atoms with Gasteiger partial charge in [0.05, 0.1) is 17.3 Å². The van der Waals surface area contributed by atoms with Gasteiger partial charge in [-0.15, -0.1) is 0 Å². The van der Waals surface area contributed by atoms with E-state index >= 15 is 0 Å². The summed E-state index contributed by atoms with van der Waals surface area (Å²) in [6, 6.07) is 11.1. The molecular weight excluding hydrogens is 342 g/mol. The molecule has 0 radical (unpaired) electrons. The fourth-order valence-electron chi connectivity index (χ4n) is 1.93. The lowest BCUT2D eigenvalue weighted by atomic mass is 10.1. The number of carbonyl (C=O) groups is 2. The summed E-state index contributed by atoms with van der Waals surface area (Å²) in [5, 5.41) is 10.9. The minimum atomic E-state index is -1.21. The van der Waals surface area contributed by atoms with Crippen LogP contribution >= 0.6 is 0 Å². The Labute approximate surface area is 148 Å². The number of benzene rings is 2. The van der Waals surface area contributed by atoms with Crippen LogP contribution in [0.15, 0.2) is 48.5 Å². The molecule has 0 aliphatic rings. The Morgan fingerprint density at radius 3 is 2.54 bits per heavy atom. The quantitative estimate of drug-likeness (QED) is 0.658. The van der Waals surface area contributed by atoms with Crippen molar-refractivity contribution in [2.75, 3.05) is 5.32 Å². The van der Waals surface area contributed by atoms with Crippen molar-refractivity contribution < 1.29 is 23.1 Å². The van der Waals surface area contributed by atoms with Crippen molar-refractivity contribution >= 4 is 23.6 Å². The van der Waals surface area contributed by atoms with Crippen LogP contribution in [0.4, 0.5) is 14.5 Å². The molecule has 0 saturated heterocycles. The summed E-state index contributed by atoms with van der Waals surface area (Å²) in [6.07, 6.45) is 1.37. The summed E-state index contributed by atoms with van der Waals surface area (Å²) in [5.41, 5.74) is 0.811. The Bertz CT molecular complexity index is 887. The van der Waals surface area contributed by atoms with E-state index in [1.165, 1.54) is 13.0 Å². The van der Waals surface area contributed by atoms with Gasteiger partial charge >= 0.3 is 5.97 Å². The topological polar surface area (TPSA) is 79.2 Å². The fraction of sp³-hybridized carbons (Fsp3) is 0.105. The number of amides is 1. The number of hydrogen-bond acceptors (Lipinski definition) is 4. The van der Waals surface area contributed by atoms with Gasteiger partial charge in [0.2, 0.25) is 0 Å². The van der Waals surface area contributed by atoms with Gasteiger partial charge in [-0.25, -0.2) is 13.6 Å². The molecule has 0 saturated carbocycles. The molecule has 7 heteroatoms. The molecule has 2 aromatic rings. The molecule has 0 aliphatic heterocycles. The van der Waals surface area contributed by atoms with Crippen LogP contribution in [0.3, 0.4) is 0 Å². The average Bonchev–Trinajstić information content (AvgIpc) is 2.63. The minimum absolute atomic E-state index is 0.342. The van der Waals surface area contributed by atoms with Crippen LogP contribution in [0.5, 0.6) is 0 Å². The van der Waals surface area contributed by atoms with Crippen LogP contribution in [0, 0.1) is 23.0 Å². The van der Waals surface area contributed by atoms with Gasteiger partial charge in [-0.1, -0.05) is 12.1 Å². The zero-order valence-corrected chi connectivity index (χ0v) is 13.7. The molecule has 132 valence electrons.